The van der Waals surface area contributed by atoms with Crippen LogP contribution in [-0.2, 0) is 16.6 Å². The van der Waals surface area contributed by atoms with E-state index in [9.17, 15) is 13.2 Å². The molecule has 0 saturated heterocycles. The van der Waals surface area contributed by atoms with Gasteiger partial charge in [0.2, 0.25) is 10.0 Å². The molecular weight excluding hydrogens is 348 g/mol. The lowest BCUT2D eigenvalue weighted by atomic mass is 10.1. The summed E-state index contributed by atoms with van der Waals surface area (Å²) in [4.78, 5) is 13.4. The molecule has 0 heterocycles. The minimum atomic E-state index is -3.47. The standard InChI is InChI=1S/C17H19ClN2O3S/c1-19(2)17(21)14-6-10-16(11-7-14)20(24(3,22)23)12-13-4-8-15(18)9-5-13/h4-11H,12H2,1-3H3. The molecule has 24 heavy (non-hydrogen) atoms. The number of halogens is 1. The zero-order valence-corrected chi connectivity index (χ0v) is 15.3. The number of carbonyl (C=O) groups excluding carboxylic acids is 1. The van der Waals surface area contributed by atoms with Crippen LogP contribution in [0.2, 0.25) is 5.02 Å². The van der Waals surface area contributed by atoms with Gasteiger partial charge in [-0.3, -0.25) is 9.10 Å². The molecule has 0 radical (unpaired) electrons. The first-order valence-corrected chi connectivity index (χ1v) is 9.45. The average Bonchev–Trinajstić information content (AvgIpc) is 2.52. The molecule has 0 spiro atoms. The molecule has 0 atom stereocenters. The maximum absolute atomic E-state index is 12.2. The van der Waals surface area contributed by atoms with Crippen LogP contribution in [0.1, 0.15) is 15.9 Å². The van der Waals surface area contributed by atoms with Crippen molar-refractivity contribution in [2.75, 3.05) is 24.7 Å². The van der Waals surface area contributed by atoms with E-state index in [4.69, 9.17) is 11.6 Å². The van der Waals surface area contributed by atoms with Gasteiger partial charge in [0.1, 0.15) is 0 Å². The predicted octanol–water partition coefficient (Wildman–Crippen LogP) is 3.01. The number of sulfonamides is 1. The lowest BCUT2D eigenvalue weighted by molar-refractivity contribution is 0.0827. The van der Waals surface area contributed by atoms with Crippen molar-refractivity contribution in [2.45, 2.75) is 6.54 Å². The van der Waals surface area contributed by atoms with Gasteiger partial charge >= 0.3 is 0 Å². The highest BCUT2D eigenvalue weighted by molar-refractivity contribution is 7.92. The minimum absolute atomic E-state index is 0.134. The van der Waals surface area contributed by atoms with Gasteiger partial charge in [-0.05, 0) is 42.0 Å². The van der Waals surface area contributed by atoms with Crippen molar-refractivity contribution in [1.29, 1.82) is 0 Å². The highest BCUT2D eigenvalue weighted by Gasteiger charge is 2.18. The Balaban J connectivity index is 2.32. The van der Waals surface area contributed by atoms with Gasteiger partial charge in [0, 0.05) is 24.7 Å². The first-order chi connectivity index (χ1) is 11.2. The molecule has 0 aliphatic carbocycles. The molecule has 0 aliphatic rings. The molecule has 0 saturated carbocycles. The van der Waals surface area contributed by atoms with E-state index in [1.54, 1.807) is 62.6 Å². The number of nitrogens with zero attached hydrogens (tertiary/aromatic N) is 2. The fraction of sp³-hybridized carbons (Fsp3) is 0.235. The number of amides is 1. The van der Waals surface area contributed by atoms with Crippen molar-refractivity contribution in [3.8, 4) is 0 Å². The molecule has 0 fully saturated rings. The maximum atomic E-state index is 12.2. The van der Waals surface area contributed by atoms with Crippen LogP contribution in [0.15, 0.2) is 48.5 Å². The number of rotatable bonds is 5. The van der Waals surface area contributed by atoms with E-state index in [1.807, 2.05) is 0 Å². The van der Waals surface area contributed by atoms with Crippen LogP contribution in [-0.4, -0.2) is 39.6 Å². The summed E-state index contributed by atoms with van der Waals surface area (Å²) in [5, 5.41) is 0.594. The van der Waals surface area contributed by atoms with Crippen LogP contribution in [0.4, 0.5) is 5.69 Å². The quantitative estimate of drug-likeness (QED) is 0.817. The summed E-state index contributed by atoms with van der Waals surface area (Å²) in [7, 11) is -0.138. The van der Waals surface area contributed by atoms with Crippen molar-refractivity contribution >= 4 is 33.2 Å². The van der Waals surface area contributed by atoms with Gasteiger partial charge in [-0.2, -0.15) is 0 Å². The number of hydrogen-bond acceptors (Lipinski definition) is 3. The van der Waals surface area contributed by atoms with Gasteiger partial charge in [0.15, 0.2) is 0 Å². The van der Waals surface area contributed by atoms with Crippen molar-refractivity contribution < 1.29 is 13.2 Å². The van der Waals surface area contributed by atoms with Gasteiger partial charge in [-0.25, -0.2) is 8.42 Å². The topological polar surface area (TPSA) is 57.7 Å². The smallest absolute Gasteiger partial charge is 0.253 e. The third-order valence-electron chi connectivity index (χ3n) is 3.45. The molecule has 0 unspecified atom stereocenters. The highest BCUT2D eigenvalue weighted by atomic mass is 35.5. The molecule has 0 aromatic heterocycles. The second kappa shape index (κ2) is 7.23. The summed E-state index contributed by atoms with van der Waals surface area (Å²) in [6, 6.07) is 13.5. The Hall–Kier alpha value is -2.05. The van der Waals surface area contributed by atoms with Crippen molar-refractivity contribution in [2.24, 2.45) is 0 Å². The number of carbonyl (C=O) groups is 1. The normalized spacial score (nSPS) is 11.2. The average molecular weight is 367 g/mol. The molecule has 7 heteroatoms. The van der Waals surface area contributed by atoms with E-state index in [2.05, 4.69) is 0 Å². The Kier molecular flexibility index (Phi) is 5.51. The summed E-state index contributed by atoms with van der Waals surface area (Å²) in [6.45, 7) is 0.191. The van der Waals surface area contributed by atoms with E-state index < -0.39 is 10.0 Å². The van der Waals surface area contributed by atoms with Crippen LogP contribution in [0, 0.1) is 0 Å². The van der Waals surface area contributed by atoms with Crippen molar-refractivity contribution in [1.82, 2.24) is 4.90 Å². The molecule has 1 amide bonds. The summed E-state index contributed by atoms with van der Waals surface area (Å²) >= 11 is 5.86. The Morgan fingerprint density at radius 1 is 1.00 bits per heavy atom. The summed E-state index contributed by atoms with van der Waals surface area (Å²) in [5.74, 6) is -0.134. The second-order valence-electron chi connectivity index (χ2n) is 5.64. The van der Waals surface area contributed by atoms with Crippen LogP contribution >= 0.6 is 11.6 Å². The fourth-order valence-corrected chi connectivity index (χ4v) is 3.20. The Morgan fingerprint density at radius 2 is 1.54 bits per heavy atom. The first-order valence-electron chi connectivity index (χ1n) is 7.22. The monoisotopic (exact) mass is 366 g/mol. The second-order valence-corrected chi connectivity index (χ2v) is 7.99. The van der Waals surface area contributed by atoms with Crippen LogP contribution in [0.3, 0.4) is 0 Å². The third-order valence-corrected chi connectivity index (χ3v) is 4.84. The van der Waals surface area contributed by atoms with Crippen molar-refractivity contribution in [3.63, 3.8) is 0 Å². The Morgan fingerprint density at radius 3 is 2.00 bits per heavy atom. The lowest BCUT2D eigenvalue weighted by Gasteiger charge is -2.23. The van der Waals surface area contributed by atoms with E-state index in [1.165, 1.54) is 9.21 Å². The third kappa shape index (κ3) is 4.49. The van der Waals surface area contributed by atoms with Crippen LogP contribution in [0.5, 0.6) is 0 Å². The van der Waals surface area contributed by atoms with Gasteiger partial charge in [-0.15, -0.1) is 0 Å². The predicted molar refractivity (Wildman–Crippen MR) is 96.9 cm³/mol. The maximum Gasteiger partial charge on any atom is 0.253 e. The Bertz CT molecular complexity index is 816. The van der Waals surface area contributed by atoms with E-state index >= 15 is 0 Å². The number of hydrogen-bond donors (Lipinski definition) is 0. The van der Waals surface area contributed by atoms with Gasteiger partial charge in [0.25, 0.3) is 5.91 Å². The summed E-state index contributed by atoms with van der Waals surface area (Å²) in [5.41, 5.74) is 1.82. The molecule has 2 aromatic carbocycles. The van der Waals surface area contributed by atoms with Gasteiger partial charge < -0.3 is 4.90 Å². The first kappa shape index (κ1) is 18.3. The number of benzene rings is 2. The molecule has 0 bridgehead atoms. The molecular formula is C17H19ClN2O3S. The molecule has 2 rings (SSSR count). The van der Waals surface area contributed by atoms with E-state index in [0.29, 0.717) is 16.3 Å². The molecule has 5 nitrogen and oxygen atoms in total. The summed E-state index contributed by atoms with van der Waals surface area (Å²) in [6.07, 6.45) is 1.15. The lowest BCUT2D eigenvalue weighted by Crippen LogP contribution is -2.29. The minimum Gasteiger partial charge on any atom is -0.345 e. The zero-order valence-electron chi connectivity index (χ0n) is 13.7. The van der Waals surface area contributed by atoms with Crippen molar-refractivity contribution in [3.05, 3.63) is 64.7 Å². The molecule has 0 N–H and O–H groups in total. The largest absolute Gasteiger partial charge is 0.345 e. The SMILES string of the molecule is CN(C)C(=O)c1ccc(N(Cc2ccc(Cl)cc2)S(C)(=O)=O)cc1. The summed E-state index contributed by atoms with van der Waals surface area (Å²) < 4.78 is 25.6. The highest BCUT2D eigenvalue weighted by Crippen LogP contribution is 2.22. The van der Waals surface area contributed by atoms with Gasteiger partial charge in [0.05, 0.1) is 18.5 Å². The number of anilines is 1. The molecule has 128 valence electrons. The molecule has 0 aliphatic heterocycles. The van der Waals surface area contributed by atoms with Crippen LogP contribution < -0.4 is 4.31 Å². The fourth-order valence-electron chi connectivity index (χ4n) is 2.18. The zero-order chi connectivity index (χ0) is 17.9. The Labute approximate surface area is 147 Å². The van der Waals surface area contributed by atoms with Gasteiger partial charge in [-0.1, -0.05) is 23.7 Å². The molecule has 2 aromatic rings. The van der Waals surface area contributed by atoms with Crippen LogP contribution in [0.25, 0.3) is 0 Å². The van der Waals surface area contributed by atoms with E-state index in [-0.39, 0.29) is 12.5 Å². The van der Waals surface area contributed by atoms with E-state index in [0.717, 1.165) is 11.8 Å².